The third-order valence-electron chi connectivity index (χ3n) is 3.01. The van der Waals surface area contributed by atoms with Gasteiger partial charge in [0.15, 0.2) is 0 Å². The number of hydrogen-bond donors (Lipinski definition) is 1. The fourth-order valence-electron chi connectivity index (χ4n) is 2.27. The molecule has 15 heavy (non-hydrogen) atoms. The minimum atomic E-state index is -0.181. The highest BCUT2D eigenvalue weighted by atomic mass is 19.1. The van der Waals surface area contributed by atoms with Crippen molar-refractivity contribution in [1.82, 2.24) is 9.47 Å². The van der Waals surface area contributed by atoms with E-state index in [4.69, 9.17) is 5.73 Å². The van der Waals surface area contributed by atoms with Gasteiger partial charge in [0.2, 0.25) is 0 Å². The van der Waals surface area contributed by atoms with Crippen LogP contribution in [0.2, 0.25) is 0 Å². The first-order valence-electron chi connectivity index (χ1n) is 4.91. The Kier molecular flexibility index (Phi) is 1.66. The third-order valence-corrected chi connectivity index (χ3v) is 3.01. The van der Waals surface area contributed by atoms with Gasteiger partial charge in [0.05, 0.1) is 5.52 Å². The standard InChI is InChI=1S/C11H12FN3/c1-14-6-8-5-9(12)4-7-2-3-15(10(7)8)11(14)13/h2-5,11H,6,13H2,1H3. The van der Waals surface area contributed by atoms with E-state index in [2.05, 4.69) is 0 Å². The van der Waals surface area contributed by atoms with E-state index in [0.717, 1.165) is 16.5 Å². The van der Waals surface area contributed by atoms with Gasteiger partial charge in [-0.25, -0.2) is 4.39 Å². The van der Waals surface area contributed by atoms with Gasteiger partial charge in [0.25, 0.3) is 0 Å². The molecule has 78 valence electrons. The number of nitrogens with zero attached hydrogens (tertiary/aromatic N) is 2. The Bertz CT molecular complexity index is 532. The van der Waals surface area contributed by atoms with Gasteiger partial charge >= 0.3 is 0 Å². The molecule has 3 rings (SSSR count). The molecule has 0 saturated heterocycles. The maximum Gasteiger partial charge on any atom is 0.138 e. The minimum Gasteiger partial charge on any atom is -0.318 e. The Morgan fingerprint density at radius 2 is 2.27 bits per heavy atom. The normalized spacial score (nSPS) is 21.1. The molecular weight excluding hydrogens is 193 g/mol. The molecule has 1 aromatic carbocycles. The molecule has 1 aromatic heterocycles. The first kappa shape index (κ1) is 8.88. The lowest BCUT2D eigenvalue weighted by molar-refractivity contribution is 0.168. The van der Waals surface area contributed by atoms with E-state index in [1.54, 1.807) is 12.1 Å². The number of hydrogen-bond acceptors (Lipinski definition) is 2. The molecule has 0 fully saturated rings. The second-order valence-electron chi connectivity index (χ2n) is 4.05. The van der Waals surface area contributed by atoms with Gasteiger partial charge in [0, 0.05) is 18.1 Å². The second-order valence-corrected chi connectivity index (χ2v) is 4.05. The molecule has 0 spiro atoms. The minimum absolute atomic E-state index is 0.152. The molecule has 0 bridgehead atoms. The van der Waals surface area contributed by atoms with Crippen LogP contribution < -0.4 is 5.73 Å². The average Bonchev–Trinajstić information content (AvgIpc) is 2.58. The monoisotopic (exact) mass is 205 g/mol. The highest BCUT2D eigenvalue weighted by molar-refractivity contribution is 5.84. The first-order valence-corrected chi connectivity index (χ1v) is 4.91. The molecular formula is C11H12FN3. The van der Waals surface area contributed by atoms with E-state index >= 15 is 0 Å². The van der Waals surface area contributed by atoms with Crippen LogP contribution >= 0.6 is 0 Å². The van der Waals surface area contributed by atoms with E-state index in [1.165, 1.54) is 0 Å². The van der Waals surface area contributed by atoms with Crippen LogP contribution in [0.4, 0.5) is 4.39 Å². The van der Waals surface area contributed by atoms with E-state index < -0.39 is 0 Å². The first-order chi connectivity index (χ1) is 7.16. The van der Waals surface area contributed by atoms with Gasteiger partial charge in [-0.1, -0.05) is 0 Å². The lowest BCUT2D eigenvalue weighted by atomic mass is 10.1. The van der Waals surface area contributed by atoms with Crippen LogP contribution in [0.3, 0.4) is 0 Å². The third kappa shape index (κ3) is 1.12. The van der Waals surface area contributed by atoms with Crippen molar-refractivity contribution >= 4 is 10.9 Å². The summed E-state index contributed by atoms with van der Waals surface area (Å²) in [7, 11) is 1.93. The van der Waals surface area contributed by atoms with Gasteiger partial charge in [-0.2, -0.15) is 0 Å². The molecule has 1 unspecified atom stereocenters. The maximum atomic E-state index is 13.3. The number of benzene rings is 1. The van der Waals surface area contributed by atoms with Crippen molar-refractivity contribution in [3.63, 3.8) is 0 Å². The van der Waals surface area contributed by atoms with Gasteiger partial charge in [-0.3, -0.25) is 10.6 Å². The topological polar surface area (TPSA) is 34.2 Å². The fraction of sp³-hybridized carbons (Fsp3) is 0.273. The summed E-state index contributed by atoms with van der Waals surface area (Å²) in [5, 5.41) is 0.925. The Morgan fingerprint density at radius 1 is 1.47 bits per heavy atom. The number of aromatic nitrogens is 1. The Hall–Kier alpha value is -1.39. The smallest absolute Gasteiger partial charge is 0.138 e. The predicted octanol–water partition coefficient (Wildman–Crippen LogP) is 1.64. The van der Waals surface area contributed by atoms with Crippen molar-refractivity contribution in [3.05, 3.63) is 35.8 Å². The van der Waals surface area contributed by atoms with Crippen molar-refractivity contribution in [2.75, 3.05) is 7.05 Å². The summed E-state index contributed by atoms with van der Waals surface area (Å²) in [5.41, 5.74) is 8.08. The summed E-state index contributed by atoms with van der Waals surface area (Å²) in [5.74, 6) is -0.181. The quantitative estimate of drug-likeness (QED) is 0.709. The highest BCUT2D eigenvalue weighted by Crippen LogP contribution is 2.29. The van der Waals surface area contributed by atoms with Crippen molar-refractivity contribution in [1.29, 1.82) is 0 Å². The highest BCUT2D eigenvalue weighted by Gasteiger charge is 2.22. The molecule has 1 aliphatic heterocycles. The molecule has 2 heterocycles. The molecule has 1 atom stereocenters. The van der Waals surface area contributed by atoms with Crippen LogP contribution in [0, 0.1) is 5.82 Å². The van der Waals surface area contributed by atoms with E-state index in [1.807, 2.05) is 28.8 Å². The van der Waals surface area contributed by atoms with Crippen LogP contribution in [0.15, 0.2) is 24.4 Å². The fourth-order valence-corrected chi connectivity index (χ4v) is 2.27. The van der Waals surface area contributed by atoms with E-state index in [-0.39, 0.29) is 12.1 Å². The summed E-state index contributed by atoms with van der Waals surface area (Å²) < 4.78 is 15.3. The average molecular weight is 205 g/mol. The van der Waals surface area contributed by atoms with Gasteiger partial charge in [0.1, 0.15) is 12.1 Å². The second kappa shape index (κ2) is 2.81. The van der Waals surface area contributed by atoms with Crippen molar-refractivity contribution in [2.45, 2.75) is 12.8 Å². The summed E-state index contributed by atoms with van der Waals surface area (Å²) in [4.78, 5) is 1.99. The zero-order valence-electron chi connectivity index (χ0n) is 8.44. The molecule has 2 aromatic rings. The molecule has 0 aliphatic carbocycles. The summed E-state index contributed by atoms with van der Waals surface area (Å²) in [6, 6.07) is 5.04. The van der Waals surface area contributed by atoms with Crippen molar-refractivity contribution < 1.29 is 4.39 Å². The SMILES string of the molecule is CN1Cc2cc(F)cc3ccn(c23)C1N. The summed E-state index contributed by atoms with van der Waals surface area (Å²) >= 11 is 0. The van der Waals surface area contributed by atoms with Crippen LogP contribution in [0.25, 0.3) is 10.9 Å². The lowest BCUT2D eigenvalue weighted by Gasteiger charge is -2.31. The zero-order valence-corrected chi connectivity index (χ0v) is 8.44. The number of halogens is 1. The Balaban J connectivity index is 2.38. The van der Waals surface area contributed by atoms with Crippen molar-refractivity contribution in [3.8, 4) is 0 Å². The summed E-state index contributed by atoms with van der Waals surface area (Å²) in [6.07, 6.45) is 1.76. The molecule has 0 saturated carbocycles. The maximum absolute atomic E-state index is 13.3. The molecule has 3 nitrogen and oxygen atoms in total. The van der Waals surface area contributed by atoms with E-state index in [9.17, 15) is 4.39 Å². The largest absolute Gasteiger partial charge is 0.318 e. The molecule has 2 N–H and O–H groups in total. The zero-order chi connectivity index (χ0) is 10.6. The van der Waals surface area contributed by atoms with Crippen LogP contribution in [-0.4, -0.2) is 16.5 Å². The predicted molar refractivity (Wildman–Crippen MR) is 56.6 cm³/mol. The number of rotatable bonds is 0. The molecule has 0 amide bonds. The van der Waals surface area contributed by atoms with Crippen LogP contribution in [-0.2, 0) is 6.54 Å². The van der Waals surface area contributed by atoms with Gasteiger partial charge < -0.3 is 4.57 Å². The molecule has 1 aliphatic rings. The Labute approximate surface area is 86.9 Å². The van der Waals surface area contributed by atoms with E-state index in [0.29, 0.717) is 6.54 Å². The van der Waals surface area contributed by atoms with Crippen molar-refractivity contribution in [2.24, 2.45) is 5.73 Å². The molecule has 4 heteroatoms. The Morgan fingerprint density at radius 3 is 3.07 bits per heavy atom. The van der Waals surface area contributed by atoms with Gasteiger partial charge in [-0.05, 0) is 30.8 Å². The molecule has 0 radical (unpaired) electrons. The lowest BCUT2D eigenvalue weighted by Crippen LogP contribution is -2.38. The summed E-state index contributed by atoms with van der Waals surface area (Å²) in [6.45, 7) is 0.694. The number of nitrogens with two attached hydrogens (primary N) is 1. The van der Waals surface area contributed by atoms with Gasteiger partial charge in [-0.15, -0.1) is 0 Å². The van der Waals surface area contributed by atoms with Crippen LogP contribution in [0.1, 0.15) is 11.9 Å². The van der Waals surface area contributed by atoms with Crippen LogP contribution in [0.5, 0.6) is 0 Å².